The van der Waals surface area contributed by atoms with Crippen molar-refractivity contribution in [3.8, 4) is 11.4 Å². The van der Waals surface area contributed by atoms with E-state index in [9.17, 15) is 4.79 Å². The average molecular weight is 398 g/mol. The molecule has 0 bridgehead atoms. The minimum absolute atomic E-state index is 0.226. The van der Waals surface area contributed by atoms with Crippen molar-refractivity contribution in [2.75, 3.05) is 5.32 Å². The van der Waals surface area contributed by atoms with Crippen molar-refractivity contribution in [2.45, 2.75) is 13.0 Å². The maximum atomic E-state index is 12.5. The molecule has 9 nitrogen and oxygen atoms in total. The summed E-state index contributed by atoms with van der Waals surface area (Å²) in [5.41, 5.74) is 2.69. The summed E-state index contributed by atoms with van der Waals surface area (Å²) in [7, 11) is 0. The van der Waals surface area contributed by atoms with E-state index < -0.39 is 0 Å². The Labute approximate surface area is 171 Å². The van der Waals surface area contributed by atoms with Gasteiger partial charge in [-0.2, -0.15) is 10.1 Å². The van der Waals surface area contributed by atoms with Crippen LogP contribution in [0.15, 0.2) is 77.9 Å². The number of benzene rings is 2. The fraction of sp³-hybridized carbons (Fsp3) is 0.0952. The molecule has 0 aliphatic rings. The summed E-state index contributed by atoms with van der Waals surface area (Å²) in [6.45, 7) is 1.93. The summed E-state index contributed by atoms with van der Waals surface area (Å²) >= 11 is 0. The molecular formula is C21H18N8O. The normalized spacial score (nSPS) is 12.2. The highest BCUT2D eigenvalue weighted by atomic mass is 16.1. The first-order valence-corrected chi connectivity index (χ1v) is 9.47. The lowest BCUT2D eigenvalue weighted by molar-refractivity contribution is 0.776. The van der Waals surface area contributed by atoms with Crippen molar-refractivity contribution in [1.82, 2.24) is 34.7 Å². The molecule has 2 N–H and O–H groups in total. The van der Waals surface area contributed by atoms with Crippen LogP contribution in [0, 0.1) is 0 Å². The number of rotatable bonds is 5. The average Bonchev–Trinajstić information content (AvgIpc) is 3.43. The molecule has 1 unspecified atom stereocenters. The molecule has 148 valence electrons. The second kappa shape index (κ2) is 7.28. The van der Waals surface area contributed by atoms with E-state index in [4.69, 9.17) is 0 Å². The van der Waals surface area contributed by atoms with E-state index in [1.165, 1.54) is 6.20 Å². The summed E-state index contributed by atoms with van der Waals surface area (Å²) < 4.78 is 3.35. The lowest BCUT2D eigenvalue weighted by Gasteiger charge is -2.11. The molecule has 3 aromatic heterocycles. The zero-order valence-corrected chi connectivity index (χ0v) is 16.1. The molecule has 5 aromatic rings. The monoisotopic (exact) mass is 398 g/mol. The van der Waals surface area contributed by atoms with Crippen LogP contribution in [-0.4, -0.2) is 34.7 Å². The molecule has 9 heteroatoms. The number of para-hydroxylation sites is 2. The summed E-state index contributed by atoms with van der Waals surface area (Å²) in [5, 5.41) is 16.4. The predicted molar refractivity (Wildman–Crippen MR) is 113 cm³/mol. The Morgan fingerprint density at radius 1 is 1.00 bits per heavy atom. The highest BCUT2D eigenvalue weighted by molar-refractivity contribution is 5.76. The van der Waals surface area contributed by atoms with Gasteiger partial charge in [-0.25, -0.2) is 9.36 Å². The summed E-state index contributed by atoms with van der Waals surface area (Å²) in [6, 6.07) is 19.1. The second-order valence-corrected chi connectivity index (χ2v) is 6.83. The third-order valence-corrected chi connectivity index (χ3v) is 4.77. The SMILES string of the molecule is CC(Nc1nc2c(cnn2-c2ccccc2)c(=O)[nH]1)c1cn(-c2ccccc2)nn1. The first kappa shape index (κ1) is 17.8. The lowest BCUT2D eigenvalue weighted by Crippen LogP contribution is -2.16. The number of aromatic amines is 1. The molecular weight excluding hydrogens is 380 g/mol. The van der Waals surface area contributed by atoms with E-state index >= 15 is 0 Å². The molecule has 0 saturated heterocycles. The van der Waals surface area contributed by atoms with E-state index in [-0.39, 0.29) is 11.6 Å². The molecule has 5 rings (SSSR count). The van der Waals surface area contributed by atoms with Gasteiger partial charge in [0.25, 0.3) is 5.56 Å². The quantitative estimate of drug-likeness (QED) is 0.472. The van der Waals surface area contributed by atoms with Gasteiger partial charge < -0.3 is 5.32 Å². The number of anilines is 1. The molecule has 2 aromatic carbocycles. The number of nitrogens with one attached hydrogen (secondary N) is 2. The van der Waals surface area contributed by atoms with Gasteiger partial charge in [-0.1, -0.05) is 41.6 Å². The third kappa shape index (κ3) is 3.22. The van der Waals surface area contributed by atoms with E-state index in [1.807, 2.05) is 73.8 Å². The van der Waals surface area contributed by atoms with Gasteiger partial charge in [0.05, 0.1) is 29.8 Å². The smallest absolute Gasteiger partial charge is 0.263 e. The van der Waals surface area contributed by atoms with Crippen molar-refractivity contribution in [2.24, 2.45) is 0 Å². The highest BCUT2D eigenvalue weighted by Gasteiger charge is 2.15. The largest absolute Gasteiger partial charge is 0.347 e. The third-order valence-electron chi connectivity index (χ3n) is 4.77. The molecule has 0 fully saturated rings. The van der Waals surface area contributed by atoms with Crippen LogP contribution in [0.1, 0.15) is 18.7 Å². The summed E-state index contributed by atoms with van der Waals surface area (Å²) in [6.07, 6.45) is 3.37. The number of fused-ring (bicyclic) bond motifs is 1. The van der Waals surface area contributed by atoms with Crippen LogP contribution < -0.4 is 10.9 Å². The van der Waals surface area contributed by atoms with Gasteiger partial charge in [-0.3, -0.25) is 9.78 Å². The van der Waals surface area contributed by atoms with E-state index in [1.54, 1.807) is 9.36 Å². The molecule has 0 aliphatic heterocycles. The van der Waals surface area contributed by atoms with Gasteiger partial charge in [0, 0.05) is 0 Å². The van der Waals surface area contributed by atoms with E-state index in [0.29, 0.717) is 17.0 Å². The fourth-order valence-corrected chi connectivity index (χ4v) is 3.21. The minimum atomic E-state index is -0.259. The molecule has 0 radical (unpaired) electrons. The van der Waals surface area contributed by atoms with E-state index in [2.05, 4.69) is 30.7 Å². The summed E-state index contributed by atoms with van der Waals surface area (Å²) in [4.78, 5) is 19.9. The van der Waals surface area contributed by atoms with Crippen LogP contribution in [0.3, 0.4) is 0 Å². The van der Waals surface area contributed by atoms with Gasteiger partial charge in [-0.05, 0) is 31.2 Å². The lowest BCUT2D eigenvalue weighted by atomic mass is 10.2. The molecule has 3 heterocycles. The van der Waals surface area contributed by atoms with Gasteiger partial charge >= 0.3 is 0 Å². The summed E-state index contributed by atoms with van der Waals surface area (Å²) in [5.74, 6) is 0.340. The van der Waals surface area contributed by atoms with Gasteiger partial charge in [0.15, 0.2) is 5.65 Å². The Bertz CT molecular complexity index is 1350. The number of hydrogen-bond acceptors (Lipinski definition) is 6. The number of hydrogen-bond donors (Lipinski definition) is 2. The predicted octanol–water partition coefficient (Wildman–Crippen LogP) is 2.86. The molecule has 30 heavy (non-hydrogen) atoms. The van der Waals surface area contributed by atoms with Crippen LogP contribution in [0.4, 0.5) is 5.95 Å². The Balaban J connectivity index is 1.45. The Morgan fingerprint density at radius 2 is 1.70 bits per heavy atom. The second-order valence-electron chi connectivity index (χ2n) is 6.83. The van der Waals surface area contributed by atoms with Crippen molar-refractivity contribution in [3.63, 3.8) is 0 Å². The number of H-pyrrole nitrogens is 1. The maximum Gasteiger partial charge on any atom is 0.263 e. The minimum Gasteiger partial charge on any atom is -0.347 e. The van der Waals surface area contributed by atoms with Gasteiger partial charge in [0.1, 0.15) is 11.1 Å². The zero-order chi connectivity index (χ0) is 20.5. The van der Waals surface area contributed by atoms with Crippen LogP contribution in [0.25, 0.3) is 22.4 Å². The van der Waals surface area contributed by atoms with Crippen molar-refractivity contribution in [3.05, 3.63) is 89.1 Å². The van der Waals surface area contributed by atoms with Gasteiger partial charge in [-0.15, -0.1) is 5.10 Å². The van der Waals surface area contributed by atoms with Gasteiger partial charge in [0.2, 0.25) is 5.95 Å². The number of aromatic nitrogens is 7. The fourth-order valence-electron chi connectivity index (χ4n) is 3.21. The van der Waals surface area contributed by atoms with Crippen molar-refractivity contribution < 1.29 is 0 Å². The van der Waals surface area contributed by atoms with Crippen LogP contribution in [-0.2, 0) is 0 Å². The molecule has 0 saturated carbocycles. The Morgan fingerprint density at radius 3 is 2.43 bits per heavy atom. The Hall–Kier alpha value is -4.27. The first-order valence-electron chi connectivity index (χ1n) is 9.47. The van der Waals surface area contributed by atoms with E-state index in [0.717, 1.165) is 17.1 Å². The van der Waals surface area contributed by atoms with Crippen LogP contribution >= 0.6 is 0 Å². The van der Waals surface area contributed by atoms with Crippen LogP contribution in [0.2, 0.25) is 0 Å². The molecule has 0 spiro atoms. The molecule has 0 aliphatic carbocycles. The first-order chi connectivity index (χ1) is 14.7. The van der Waals surface area contributed by atoms with Crippen molar-refractivity contribution >= 4 is 17.0 Å². The zero-order valence-electron chi connectivity index (χ0n) is 16.1. The maximum absolute atomic E-state index is 12.5. The topological polar surface area (TPSA) is 106 Å². The molecule has 0 amide bonds. The van der Waals surface area contributed by atoms with Crippen LogP contribution in [0.5, 0.6) is 0 Å². The molecule has 1 atom stereocenters. The van der Waals surface area contributed by atoms with Crippen molar-refractivity contribution in [1.29, 1.82) is 0 Å². The highest BCUT2D eigenvalue weighted by Crippen LogP contribution is 2.18. The standard InChI is InChI=1S/C21H18N8O/c1-14(18-13-28(27-26-18)15-8-4-2-5-9-15)23-21-24-19-17(20(30)25-21)12-22-29(19)16-10-6-3-7-11-16/h2-14H,1H3,(H2,23,24,25,30). The Kier molecular flexibility index (Phi) is 4.32. The number of nitrogens with zero attached hydrogens (tertiary/aromatic N) is 6.